The summed E-state index contributed by atoms with van der Waals surface area (Å²) >= 11 is 0. The van der Waals surface area contributed by atoms with Crippen molar-refractivity contribution in [2.45, 2.75) is 71.0 Å². The molecule has 3 unspecified atom stereocenters. The first-order chi connectivity index (χ1) is 12.9. The van der Waals surface area contributed by atoms with Gasteiger partial charge in [0, 0.05) is 26.7 Å². The number of aliphatic imine (C=N–C) groups is 1. The number of amides is 1. The van der Waals surface area contributed by atoms with Gasteiger partial charge in [0.2, 0.25) is 5.91 Å². The fraction of sp³-hybridized carbons (Fsp3) is 0.789. The van der Waals surface area contributed by atoms with Crippen LogP contribution in [0.3, 0.4) is 0 Å². The summed E-state index contributed by atoms with van der Waals surface area (Å²) in [6, 6.07) is 0.460. The Morgan fingerprint density at radius 3 is 2.74 bits per heavy atom. The molecule has 1 aliphatic carbocycles. The van der Waals surface area contributed by atoms with Crippen molar-refractivity contribution >= 4 is 11.9 Å². The third-order valence-electron chi connectivity index (χ3n) is 5.60. The summed E-state index contributed by atoms with van der Waals surface area (Å²) in [6.45, 7) is 5.27. The Bertz CT molecular complexity index is 682. The summed E-state index contributed by atoms with van der Waals surface area (Å²) in [5.41, 5.74) is 0. The SMILES string of the molecule is Cc1nc2n(n1)CCCC2NC(=NCC(=O)N(C)C)NC1CCCCC1C. The van der Waals surface area contributed by atoms with Gasteiger partial charge in [0.25, 0.3) is 0 Å². The zero-order valence-electron chi connectivity index (χ0n) is 17.0. The van der Waals surface area contributed by atoms with Gasteiger partial charge in [-0.05, 0) is 38.5 Å². The van der Waals surface area contributed by atoms with Gasteiger partial charge in [-0.2, -0.15) is 5.10 Å². The summed E-state index contributed by atoms with van der Waals surface area (Å²) < 4.78 is 1.99. The van der Waals surface area contributed by atoms with Crippen LogP contribution in [-0.4, -0.2) is 58.2 Å². The van der Waals surface area contributed by atoms with Gasteiger partial charge >= 0.3 is 0 Å². The van der Waals surface area contributed by atoms with Crippen molar-refractivity contribution in [3.63, 3.8) is 0 Å². The highest BCUT2D eigenvalue weighted by molar-refractivity contribution is 5.85. The lowest BCUT2D eigenvalue weighted by Crippen LogP contribution is -2.49. The van der Waals surface area contributed by atoms with Gasteiger partial charge in [-0.1, -0.05) is 19.8 Å². The van der Waals surface area contributed by atoms with E-state index in [0.717, 1.165) is 37.5 Å². The number of carbonyl (C=O) groups excluding carboxylic acids is 1. The number of carbonyl (C=O) groups is 1. The second-order valence-electron chi connectivity index (χ2n) is 8.05. The van der Waals surface area contributed by atoms with Crippen LogP contribution >= 0.6 is 0 Å². The molecule has 27 heavy (non-hydrogen) atoms. The number of nitrogens with one attached hydrogen (secondary N) is 2. The van der Waals surface area contributed by atoms with Gasteiger partial charge in [0.05, 0.1) is 6.04 Å². The normalized spacial score (nSPS) is 25.6. The Kier molecular flexibility index (Phi) is 6.34. The quantitative estimate of drug-likeness (QED) is 0.617. The molecule has 0 radical (unpaired) electrons. The Hall–Kier alpha value is -2.12. The van der Waals surface area contributed by atoms with Crippen LogP contribution < -0.4 is 10.6 Å². The van der Waals surface area contributed by atoms with E-state index in [1.54, 1.807) is 19.0 Å². The predicted molar refractivity (Wildman–Crippen MR) is 105 cm³/mol. The minimum Gasteiger partial charge on any atom is -0.353 e. The third kappa shape index (κ3) is 4.99. The van der Waals surface area contributed by atoms with Gasteiger partial charge < -0.3 is 15.5 Å². The number of aromatic nitrogens is 3. The number of rotatable bonds is 4. The standard InChI is InChI=1S/C19H33N7O/c1-13-8-5-6-9-15(13)22-19(20-12-17(27)25(3)4)23-16-10-7-11-26-18(16)21-14(2)24-26/h13,15-16H,5-12H2,1-4H3,(H2,20,22,23). The number of likely N-dealkylation sites (N-methyl/N-ethyl adjacent to an activating group) is 1. The van der Waals surface area contributed by atoms with E-state index < -0.39 is 0 Å². The number of aryl methyl sites for hydroxylation is 2. The van der Waals surface area contributed by atoms with E-state index in [9.17, 15) is 4.79 Å². The summed E-state index contributed by atoms with van der Waals surface area (Å²) in [6.07, 6.45) is 6.95. The molecule has 1 amide bonds. The molecule has 0 spiro atoms. The Morgan fingerprint density at radius 1 is 1.22 bits per heavy atom. The van der Waals surface area contributed by atoms with Crippen molar-refractivity contribution in [2.75, 3.05) is 20.6 Å². The summed E-state index contributed by atoms with van der Waals surface area (Å²) in [5.74, 6) is 3.07. The van der Waals surface area contributed by atoms with Crippen molar-refractivity contribution in [3.8, 4) is 0 Å². The Morgan fingerprint density at radius 2 is 2.00 bits per heavy atom. The van der Waals surface area contributed by atoms with E-state index in [1.807, 2.05) is 11.6 Å². The zero-order valence-corrected chi connectivity index (χ0v) is 17.0. The van der Waals surface area contributed by atoms with Crippen molar-refractivity contribution in [2.24, 2.45) is 10.9 Å². The monoisotopic (exact) mass is 375 g/mol. The molecule has 2 N–H and O–H groups in total. The van der Waals surface area contributed by atoms with Gasteiger partial charge in [0.15, 0.2) is 5.96 Å². The van der Waals surface area contributed by atoms with E-state index in [-0.39, 0.29) is 18.5 Å². The second kappa shape index (κ2) is 8.71. The number of guanidine groups is 1. The molecule has 2 aliphatic rings. The topological polar surface area (TPSA) is 87.4 Å². The van der Waals surface area contributed by atoms with E-state index in [1.165, 1.54) is 19.3 Å². The highest BCUT2D eigenvalue weighted by Gasteiger charge is 2.27. The van der Waals surface area contributed by atoms with Crippen LogP contribution in [-0.2, 0) is 11.3 Å². The van der Waals surface area contributed by atoms with Gasteiger partial charge in [0.1, 0.15) is 18.2 Å². The average Bonchev–Trinajstić information content (AvgIpc) is 3.02. The molecule has 3 rings (SSSR count). The highest BCUT2D eigenvalue weighted by atomic mass is 16.2. The summed E-state index contributed by atoms with van der Waals surface area (Å²) in [7, 11) is 3.52. The molecule has 3 atom stereocenters. The minimum atomic E-state index is -0.00421. The molecule has 150 valence electrons. The molecule has 8 nitrogen and oxygen atoms in total. The van der Waals surface area contributed by atoms with Gasteiger partial charge in [-0.25, -0.2) is 14.7 Å². The fourth-order valence-corrected chi connectivity index (χ4v) is 3.90. The molecule has 8 heteroatoms. The van der Waals surface area contributed by atoms with Gasteiger partial charge in [-0.15, -0.1) is 0 Å². The molecule has 1 fully saturated rings. The largest absolute Gasteiger partial charge is 0.353 e. The van der Waals surface area contributed by atoms with Crippen molar-refractivity contribution < 1.29 is 4.79 Å². The molecule has 1 aliphatic heterocycles. The van der Waals surface area contributed by atoms with Crippen LogP contribution in [0.1, 0.15) is 63.1 Å². The first-order valence-corrected chi connectivity index (χ1v) is 10.1. The fourth-order valence-electron chi connectivity index (χ4n) is 3.90. The van der Waals surface area contributed by atoms with Gasteiger partial charge in [-0.3, -0.25) is 4.79 Å². The molecular formula is C19H33N7O. The Labute approximate surface area is 161 Å². The molecular weight excluding hydrogens is 342 g/mol. The van der Waals surface area contributed by atoms with Crippen LogP contribution in [0.4, 0.5) is 0 Å². The molecule has 0 saturated heterocycles. The van der Waals surface area contributed by atoms with Crippen LogP contribution in [0.15, 0.2) is 4.99 Å². The molecule has 1 aromatic rings. The lowest BCUT2D eigenvalue weighted by molar-refractivity contribution is -0.127. The lowest BCUT2D eigenvalue weighted by Gasteiger charge is -2.32. The maximum Gasteiger partial charge on any atom is 0.243 e. The van der Waals surface area contributed by atoms with E-state index in [2.05, 4.69) is 32.6 Å². The van der Waals surface area contributed by atoms with E-state index >= 15 is 0 Å². The average molecular weight is 376 g/mol. The molecule has 1 saturated carbocycles. The third-order valence-corrected chi connectivity index (χ3v) is 5.60. The predicted octanol–water partition coefficient (Wildman–Crippen LogP) is 1.62. The van der Waals surface area contributed by atoms with Crippen molar-refractivity contribution in [1.82, 2.24) is 30.3 Å². The number of fused-ring (bicyclic) bond motifs is 1. The second-order valence-corrected chi connectivity index (χ2v) is 8.05. The van der Waals surface area contributed by atoms with Crippen LogP contribution in [0.5, 0.6) is 0 Å². The first kappa shape index (κ1) is 19.6. The molecule has 0 aromatic carbocycles. The van der Waals surface area contributed by atoms with Crippen LogP contribution in [0.25, 0.3) is 0 Å². The summed E-state index contributed by atoms with van der Waals surface area (Å²) in [5, 5.41) is 11.6. The maximum absolute atomic E-state index is 12.0. The lowest BCUT2D eigenvalue weighted by atomic mass is 9.86. The van der Waals surface area contributed by atoms with E-state index in [0.29, 0.717) is 17.9 Å². The maximum atomic E-state index is 12.0. The molecule has 2 heterocycles. The van der Waals surface area contributed by atoms with Crippen molar-refractivity contribution in [1.29, 1.82) is 0 Å². The van der Waals surface area contributed by atoms with Crippen LogP contribution in [0.2, 0.25) is 0 Å². The van der Waals surface area contributed by atoms with Crippen molar-refractivity contribution in [3.05, 3.63) is 11.6 Å². The highest BCUT2D eigenvalue weighted by Crippen LogP contribution is 2.25. The number of hydrogen-bond donors (Lipinski definition) is 2. The number of hydrogen-bond acceptors (Lipinski definition) is 4. The van der Waals surface area contributed by atoms with E-state index in [4.69, 9.17) is 0 Å². The first-order valence-electron chi connectivity index (χ1n) is 10.1. The molecule has 1 aromatic heterocycles. The molecule has 0 bridgehead atoms. The smallest absolute Gasteiger partial charge is 0.243 e. The van der Waals surface area contributed by atoms with Crippen LogP contribution in [0, 0.1) is 12.8 Å². The number of nitrogens with zero attached hydrogens (tertiary/aromatic N) is 5. The summed E-state index contributed by atoms with van der Waals surface area (Å²) in [4.78, 5) is 22.8. The Balaban J connectivity index is 1.75. The zero-order chi connectivity index (χ0) is 19.4. The minimum absolute atomic E-state index is 0.00421.